The van der Waals surface area contributed by atoms with E-state index in [9.17, 15) is 5.11 Å². The van der Waals surface area contributed by atoms with E-state index in [1.807, 2.05) is 13.8 Å². The molecule has 12 heavy (non-hydrogen) atoms. The summed E-state index contributed by atoms with van der Waals surface area (Å²) in [5.74, 6) is 0.673. The van der Waals surface area contributed by atoms with Crippen molar-refractivity contribution in [2.45, 2.75) is 52.7 Å². The lowest BCUT2D eigenvalue weighted by Crippen LogP contribution is -2.41. The van der Waals surface area contributed by atoms with Crippen molar-refractivity contribution in [1.82, 2.24) is 5.32 Å². The summed E-state index contributed by atoms with van der Waals surface area (Å²) < 4.78 is 0. The van der Waals surface area contributed by atoms with Crippen LogP contribution in [0, 0.1) is 5.92 Å². The molecule has 2 N–H and O–H groups in total. The third-order valence-corrected chi connectivity index (χ3v) is 2.35. The minimum Gasteiger partial charge on any atom is -0.389 e. The van der Waals surface area contributed by atoms with Gasteiger partial charge in [-0.05, 0) is 26.7 Å². The Balaban J connectivity index is 3.64. The van der Waals surface area contributed by atoms with Gasteiger partial charge in [0.05, 0.1) is 5.60 Å². The van der Waals surface area contributed by atoms with Crippen LogP contribution in [0.4, 0.5) is 0 Å². The van der Waals surface area contributed by atoms with E-state index in [1.165, 1.54) is 6.42 Å². The van der Waals surface area contributed by atoms with E-state index in [4.69, 9.17) is 0 Å². The normalized spacial score (nSPS) is 17.5. The van der Waals surface area contributed by atoms with E-state index in [-0.39, 0.29) is 0 Å². The number of rotatable bonds is 5. The molecule has 2 atom stereocenters. The van der Waals surface area contributed by atoms with E-state index in [0.29, 0.717) is 18.5 Å². The predicted molar refractivity (Wildman–Crippen MR) is 53.2 cm³/mol. The minimum atomic E-state index is -0.596. The summed E-state index contributed by atoms with van der Waals surface area (Å²) in [5, 5.41) is 12.8. The number of aliphatic hydroxyl groups is 1. The summed E-state index contributed by atoms with van der Waals surface area (Å²) in [4.78, 5) is 0. The van der Waals surface area contributed by atoms with Crippen LogP contribution in [0.5, 0.6) is 0 Å². The predicted octanol–water partition coefficient (Wildman–Crippen LogP) is 1.78. The van der Waals surface area contributed by atoms with Gasteiger partial charge in [-0.2, -0.15) is 0 Å². The van der Waals surface area contributed by atoms with Gasteiger partial charge in [0.15, 0.2) is 0 Å². The SMILES string of the molecule is CC[C@H](C)[C@@H](C)NCC(C)(C)O. The summed E-state index contributed by atoms with van der Waals surface area (Å²) in [6, 6.07) is 0.487. The zero-order chi connectivity index (χ0) is 9.78. The van der Waals surface area contributed by atoms with Crippen molar-refractivity contribution < 1.29 is 5.11 Å². The van der Waals surface area contributed by atoms with Gasteiger partial charge in [0.1, 0.15) is 0 Å². The fourth-order valence-corrected chi connectivity index (χ4v) is 0.965. The standard InChI is InChI=1S/C10H23NO/c1-6-8(2)9(3)11-7-10(4,5)12/h8-9,11-12H,6-7H2,1-5H3/t8-,9+/m0/s1. The Morgan fingerprint density at radius 1 is 1.33 bits per heavy atom. The Hall–Kier alpha value is -0.0800. The van der Waals surface area contributed by atoms with Crippen LogP contribution in [0.25, 0.3) is 0 Å². The molecule has 2 heteroatoms. The van der Waals surface area contributed by atoms with Gasteiger partial charge in [-0.15, -0.1) is 0 Å². The lowest BCUT2D eigenvalue weighted by Gasteiger charge is -2.25. The summed E-state index contributed by atoms with van der Waals surface area (Å²) in [6.07, 6.45) is 1.18. The van der Waals surface area contributed by atoms with Crippen LogP contribution in [0.15, 0.2) is 0 Å². The minimum absolute atomic E-state index is 0.487. The van der Waals surface area contributed by atoms with Crippen molar-refractivity contribution in [3.63, 3.8) is 0 Å². The van der Waals surface area contributed by atoms with Crippen molar-refractivity contribution in [2.24, 2.45) is 5.92 Å². The van der Waals surface area contributed by atoms with Crippen LogP contribution < -0.4 is 5.32 Å². The Labute approximate surface area is 76.4 Å². The molecule has 0 radical (unpaired) electrons. The van der Waals surface area contributed by atoms with E-state index >= 15 is 0 Å². The largest absolute Gasteiger partial charge is 0.389 e. The molecule has 0 aromatic carbocycles. The van der Waals surface area contributed by atoms with Crippen molar-refractivity contribution in [2.75, 3.05) is 6.54 Å². The highest BCUT2D eigenvalue weighted by atomic mass is 16.3. The topological polar surface area (TPSA) is 32.3 Å². The average molecular weight is 173 g/mol. The first-order valence-corrected chi connectivity index (χ1v) is 4.82. The van der Waals surface area contributed by atoms with E-state index in [0.717, 1.165) is 0 Å². The molecule has 0 aromatic rings. The van der Waals surface area contributed by atoms with Crippen LogP contribution >= 0.6 is 0 Å². The van der Waals surface area contributed by atoms with Gasteiger partial charge in [0.2, 0.25) is 0 Å². The maximum Gasteiger partial charge on any atom is 0.0715 e. The van der Waals surface area contributed by atoms with Crippen LogP contribution in [-0.2, 0) is 0 Å². The third-order valence-electron chi connectivity index (χ3n) is 2.35. The summed E-state index contributed by atoms with van der Waals surface area (Å²) >= 11 is 0. The second kappa shape index (κ2) is 4.83. The first kappa shape index (κ1) is 11.9. The molecule has 0 amide bonds. The number of hydrogen-bond acceptors (Lipinski definition) is 2. The molecule has 0 spiro atoms. The zero-order valence-electron chi connectivity index (χ0n) is 9.02. The van der Waals surface area contributed by atoms with Gasteiger partial charge in [-0.25, -0.2) is 0 Å². The molecule has 0 saturated carbocycles. The van der Waals surface area contributed by atoms with Gasteiger partial charge < -0.3 is 10.4 Å². The lowest BCUT2D eigenvalue weighted by molar-refractivity contribution is 0.0747. The first-order valence-electron chi connectivity index (χ1n) is 4.82. The molecule has 74 valence electrons. The van der Waals surface area contributed by atoms with Gasteiger partial charge in [-0.3, -0.25) is 0 Å². The van der Waals surface area contributed by atoms with E-state index < -0.39 is 5.60 Å². The first-order chi connectivity index (χ1) is 5.37. The molecular formula is C10H23NO. The Morgan fingerprint density at radius 3 is 2.17 bits per heavy atom. The molecule has 0 aliphatic carbocycles. The monoisotopic (exact) mass is 173 g/mol. The van der Waals surface area contributed by atoms with E-state index in [1.54, 1.807) is 0 Å². The molecule has 0 aliphatic rings. The number of nitrogens with one attached hydrogen (secondary N) is 1. The van der Waals surface area contributed by atoms with Crippen LogP contribution in [0.1, 0.15) is 41.0 Å². The van der Waals surface area contributed by atoms with Crippen molar-refractivity contribution in [3.05, 3.63) is 0 Å². The second-order valence-electron chi connectivity index (χ2n) is 4.37. The van der Waals surface area contributed by atoms with E-state index in [2.05, 4.69) is 26.1 Å². The maximum atomic E-state index is 9.46. The molecule has 0 fully saturated rings. The molecule has 0 bridgehead atoms. The Kier molecular flexibility index (Phi) is 4.80. The van der Waals surface area contributed by atoms with Gasteiger partial charge in [0.25, 0.3) is 0 Å². The molecule has 0 unspecified atom stereocenters. The Bertz CT molecular complexity index is 117. The van der Waals surface area contributed by atoms with Crippen LogP contribution in [0.3, 0.4) is 0 Å². The third kappa shape index (κ3) is 5.56. The smallest absolute Gasteiger partial charge is 0.0715 e. The molecule has 0 saturated heterocycles. The lowest BCUT2D eigenvalue weighted by atomic mass is 10.00. The summed E-state index contributed by atoms with van der Waals surface area (Å²) in [7, 11) is 0. The summed E-state index contributed by atoms with van der Waals surface area (Å²) in [6.45, 7) is 10.9. The average Bonchev–Trinajstić information content (AvgIpc) is 1.97. The molecule has 0 aromatic heterocycles. The molecule has 0 rings (SSSR count). The quantitative estimate of drug-likeness (QED) is 0.664. The zero-order valence-corrected chi connectivity index (χ0v) is 9.02. The molecule has 0 aliphatic heterocycles. The fourth-order valence-electron chi connectivity index (χ4n) is 0.965. The maximum absolute atomic E-state index is 9.46. The fraction of sp³-hybridized carbons (Fsp3) is 1.00. The highest BCUT2D eigenvalue weighted by Gasteiger charge is 2.15. The highest BCUT2D eigenvalue weighted by molar-refractivity contribution is 4.74. The van der Waals surface area contributed by atoms with Gasteiger partial charge in [-0.1, -0.05) is 20.3 Å². The highest BCUT2D eigenvalue weighted by Crippen LogP contribution is 2.07. The Morgan fingerprint density at radius 2 is 1.83 bits per heavy atom. The van der Waals surface area contributed by atoms with Gasteiger partial charge in [0, 0.05) is 12.6 Å². The molecular weight excluding hydrogens is 150 g/mol. The molecule has 2 nitrogen and oxygen atoms in total. The van der Waals surface area contributed by atoms with Crippen molar-refractivity contribution in [1.29, 1.82) is 0 Å². The van der Waals surface area contributed by atoms with Gasteiger partial charge >= 0.3 is 0 Å². The van der Waals surface area contributed by atoms with Crippen molar-refractivity contribution in [3.8, 4) is 0 Å². The molecule has 0 heterocycles. The van der Waals surface area contributed by atoms with Crippen LogP contribution in [-0.4, -0.2) is 23.3 Å². The summed E-state index contributed by atoms with van der Waals surface area (Å²) in [5.41, 5.74) is -0.596. The van der Waals surface area contributed by atoms with Crippen molar-refractivity contribution >= 4 is 0 Å². The second-order valence-corrected chi connectivity index (χ2v) is 4.37. The van der Waals surface area contributed by atoms with Crippen LogP contribution in [0.2, 0.25) is 0 Å². The number of hydrogen-bond donors (Lipinski definition) is 2.